The van der Waals surface area contributed by atoms with Gasteiger partial charge in [-0.3, -0.25) is 9.59 Å². The predicted octanol–water partition coefficient (Wildman–Crippen LogP) is 3.01. The number of carbonyl (C=O) groups is 2. The number of hydrogen-bond donors (Lipinski definition) is 2. The average Bonchev–Trinajstić information content (AvgIpc) is 2.78. The fourth-order valence-electron chi connectivity index (χ4n) is 4.16. The van der Waals surface area contributed by atoms with Crippen molar-refractivity contribution in [2.45, 2.75) is 38.7 Å². The monoisotopic (exact) mass is 408 g/mol. The summed E-state index contributed by atoms with van der Waals surface area (Å²) in [6, 6.07) is 9.87. The number of amides is 2. The molecule has 2 aromatic rings. The first kappa shape index (κ1) is 20.2. The van der Waals surface area contributed by atoms with Gasteiger partial charge in [0.25, 0.3) is 11.8 Å². The lowest BCUT2D eigenvalue weighted by atomic mass is 9.89. The van der Waals surface area contributed by atoms with Gasteiger partial charge in [0.2, 0.25) is 0 Å². The Kier molecular flexibility index (Phi) is 5.88. The van der Waals surface area contributed by atoms with E-state index < -0.39 is 6.10 Å². The lowest BCUT2D eigenvalue weighted by molar-refractivity contribution is -0.123. The minimum Gasteiger partial charge on any atom is -0.478 e. The topological polar surface area (TPSA) is 83.6 Å². The number of carbonyl (C=O) groups excluding carboxylic acids is 2. The van der Waals surface area contributed by atoms with Crippen molar-refractivity contribution >= 4 is 23.2 Å². The maximum Gasteiger partial charge on any atom is 0.269 e. The SMILES string of the molecule is CC[C@@H]1Oc2ccc(CC3CCN(c4ccc(C(=O)NC)nc4)CC3)cc2NC1=O. The van der Waals surface area contributed by atoms with Crippen LogP contribution in [0, 0.1) is 5.92 Å². The summed E-state index contributed by atoms with van der Waals surface area (Å²) in [4.78, 5) is 30.3. The number of piperidine rings is 1. The lowest BCUT2D eigenvalue weighted by Crippen LogP contribution is -2.36. The maximum absolute atomic E-state index is 12.1. The zero-order valence-electron chi connectivity index (χ0n) is 17.5. The smallest absolute Gasteiger partial charge is 0.269 e. The van der Waals surface area contributed by atoms with E-state index in [0.717, 1.165) is 49.5 Å². The van der Waals surface area contributed by atoms with Crippen molar-refractivity contribution in [1.82, 2.24) is 10.3 Å². The average molecular weight is 409 g/mol. The molecule has 0 spiro atoms. The van der Waals surface area contributed by atoms with E-state index in [-0.39, 0.29) is 11.8 Å². The van der Waals surface area contributed by atoms with E-state index in [1.165, 1.54) is 5.56 Å². The molecule has 30 heavy (non-hydrogen) atoms. The van der Waals surface area contributed by atoms with Gasteiger partial charge < -0.3 is 20.3 Å². The summed E-state index contributed by atoms with van der Waals surface area (Å²) in [6.07, 6.45) is 5.22. The molecular weight excluding hydrogens is 380 g/mol. The maximum atomic E-state index is 12.1. The third-order valence-electron chi connectivity index (χ3n) is 5.95. The molecule has 1 saturated heterocycles. The fourth-order valence-corrected chi connectivity index (χ4v) is 4.16. The molecule has 4 rings (SSSR count). The Bertz CT molecular complexity index is 921. The Balaban J connectivity index is 1.34. The lowest BCUT2D eigenvalue weighted by Gasteiger charge is -2.33. The molecule has 0 bridgehead atoms. The highest BCUT2D eigenvalue weighted by atomic mass is 16.5. The number of nitrogens with zero attached hydrogens (tertiary/aromatic N) is 2. The molecule has 2 aliphatic heterocycles. The molecule has 2 amide bonds. The third kappa shape index (κ3) is 4.25. The van der Waals surface area contributed by atoms with Crippen LogP contribution < -0.4 is 20.3 Å². The van der Waals surface area contributed by atoms with Crippen LogP contribution in [0.25, 0.3) is 0 Å². The van der Waals surface area contributed by atoms with Gasteiger partial charge in [-0.05, 0) is 61.4 Å². The van der Waals surface area contributed by atoms with Crippen LogP contribution in [-0.4, -0.2) is 43.0 Å². The number of ether oxygens (including phenoxy) is 1. The molecule has 2 N–H and O–H groups in total. The first-order valence-electron chi connectivity index (χ1n) is 10.6. The number of aromatic nitrogens is 1. The molecule has 1 atom stereocenters. The molecule has 7 heteroatoms. The second-order valence-electron chi connectivity index (χ2n) is 7.95. The van der Waals surface area contributed by atoms with E-state index in [1.54, 1.807) is 19.3 Å². The molecule has 0 aliphatic carbocycles. The van der Waals surface area contributed by atoms with Gasteiger partial charge in [0, 0.05) is 20.1 Å². The van der Waals surface area contributed by atoms with Gasteiger partial charge in [-0.25, -0.2) is 4.98 Å². The highest BCUT2D eigenvalue weighted by Gasteiger charge is 2.26. The minimum atomic E-state index is -0.396. The van der Waals surface area contributed by atoms with Crippen molar-refractivity contribution in [3.05, 3.63) is 47.8 Å². The Morgan fingerprint density at radius 2 is 2.07 bits per heavy atom. The van der Waals surface area contributed by atoms with Crippen LogP contribution in [0.2, 0.25) is 0 Å². The highest BCUT2D eigenvalue weighted by molar-refractivity contribution is 5.97. The summed E-state index contributed by atoms with van der Waals surface area (Å²) >= 11 is 0. The number of pyridine rings is 1. The molecule has 158 valence electrons. The Morgan fingerprint density at radius 3 is 2.73 bits per heavy atom. The van der Waals surface area contributed by atoms with Crippen molar-refractivity contribution in [3.63, 3.8) is 0 Å². The van der Waals surface area contributed by atoms with Crippen LogP contribution in [0.15, 0.2) is 36.5 Å². The molecule has 7 nitrogen and oxygen atoms in total. The highest BCUT2D eigenvalue weighted by Crippen LogP contribution is 2.33. The molecule has 3 heterocycles. The second kappa shape index (κ2) is 8.73. The zero-order valence-corrected chi connectivity index (χ0v) is 17.5. The Hall–Kier alpha value is -3.09. The van der Waals surface area contributed by atoms with E-state index in [4.69, 9.17) is 4.74 Å². The molecular formula is C23H28N4O3. The summed E-state index contributed by atoms with van der Waals surface area (Å²) in [6.45, 7) is 3.88. The molecule has 0 radical (unpaired) electrons. The number of nitrogens with one attached hydrogen (secondary N) is 2. The van der Waals surface area contributed by atoms with Crippen molar-refractivity contribution in [3.8, 4) is 5.75 Å². The largest absolute Gasteiger partial charge is 0.478 e. The number of fused-ring (bicyclic) bond motifs is 1. The summed E-state index contributed by atoms with van der Waals surface area (Å²) in [5.74, 6) is 1.12. The fraction of sp³-hybridized carbons (Fsp3) is 0.435. The van der Waals surface area contributed by atoms with Crippen LogP contribution in [-0.2, 0) is 11.2 Å². The third-order valence-corrected chi connectivity index (χ3v) is 5.95. The van der Waals surface area contributed by atoms with Gasteiger partial charge in [0.05, 0.1) is 17.6 Å². The van der Waals surface area contributed by atoms with Crippen molar-refractivity contribution < 1.29 is 14.3 Å². The molecule has 0 saturated carbocycles. The molecule has 0 unspecified atom stereocenters. The van der Waals surface area contributed by atoms with Crippen LogP contribution in [0.1, 0.15) is 42.2 Å². The summed E-state index contributed by atoms with van der Waals surface area (Å²) in [7, 11) is 1.61. The first-order valence-corrected chi connectivity index (χ1v) is 10.6. The van der Waals surface area contributed by atoms with Gasteiger partial charge in [-0.2, -0.15) is 0 Å². The Labute approximate surface area is 176 Å². The number of anilines is 2. The van der Waals surface area contributed by atoms with Gasteiger partial charge >= 0.3 is 0 Å². The van der Waals surface area contributed by atoms with Gasteiger partial charge in [0.15, 0.2) is 6.10 Å². The van der Waals surface area contributed by atoms with Crippen molar-refractivity contribution in [1.29, 1.82) is 0 Å². The minimum absolute atomic E-state index is 0.0634. The van der Waals surface area contributed by atoms with E-state index in [9.17, 15) is 9.59 Å². The normalized spacial score (nSPS) is 18.9. The molecule has 1 aromatic carbocycles. The van der Waals surface area contributed by atoms with Crippen LogP contribution >= 0.6 is 0 Å². The molecule has 1 fully saturated rings. The summed E-state index contributed by atoms with van der Waals surface area (Å²) < 4.78 is 5.78. The second-order valence-corrected chi connectivity index (χ2v) is 7.95. The van der Waals surface area contributed by atoms with Crippen molar-refractivity contribution in [2.75, 3.05) is 30.4 Å². The predicted molar refractivity (Wildman–Crippen MR) is 116 cm³/mol. The van der Waals surface area contributed by atoms with Crippen molar-refractivity contribution in [2.24, 2.45) is 5.92 Å². The van der Waals surface area contributed by atoms with E-state index in [0.29, 0.717) is 18.0 Å². The van der Waals surface area contributed by atoms with E-state index >= 15 is 0 Å². The molecule has 1 aromatic heterocycles. The molecule has 2 aliphatic rings. The number of rotatable bonds is 5. The van der Waals surface area contributed by atoms with Crippen LogP contribution in [0.5, 0.6) is 5.75 Å². The Morgan fingerprint density at radius 1 is 1.27 bits per heavy atom. The van der Waals surface area contributed by atoms with Gasteiger partial charge in [-0.1, -0.05) is 13.0 Å². The van der Waals surface area contributed by atoms with E-state index in [2.05, 4.69) is 26.6 Å². The van der Waals surface area contributed by atoms with Gasteiger partial charge in [0.1, 0.15) is 11.4 Å². The summed E-state index contributed by atoms with van der Waals surface area (Å²) in [5.41, 5.74) is 3.50. The van der Waals surface area contributed by atoms with Gasteiger partial charge in [-0.15, -0.1) is 0 Å². The summed E-state index contributed by atoms with van der Waals surface area (Å²) in [5, 5.41) is 5.57. The number of benzene rings is 1. The van der Waals surface area contributed by atoms with Crippen LogP contribution in [0.3, 0.4) is 0 Å². The zero-order chi connectivity index (χ0) is 21.1. The van der Waals surface area contributed by atoms with Crippen LogP contribution in [0.4, 0.5) is 11.4 Å². The standard InChI is InChI=1S/C23H28N4O3/c1-3-20-23(29)26-19-13-16(4-7-21(19)30-20)12-15-8-10-27(11-9-15)17-5-6-18(25-14-17)22(28)24-2/h4-7,13-15,20H,3,8-12H2,1-2H3,(H,24,28)(H,26,29)/t20-/m0/s1. The first-order chi connectivity index (χ1) is 14.6. The number of hydrogen-bond acceptors (Lipinski definition) is 5. The quantitative estimate of drug-likeness (QED) is 0.795. The van der Waals surface area contributed by atoms with E-state index in [1.807, 2.05) is 25.1 Å².